The number of benzene rings is 1. The van der Waals surface area contributed by atoms with Crippen LogP contribution in [0.2, 0.25) is 0 Å². The number of carboxylic acid groups (broad SMARTS) is 1. The van der Waals surface area contributed by atoms with E-state index in [0.717, 1.165) is 12.0 Å². The number of nitrogens with one attached hydrogen (secondary N) is 1. The maximum absolute atomic E-state index is 11.8. The van der Waals surface area contributed by atoms with Crippen LogP contribution in [0.25, 0.3) is 0 Å². The molecule has 1 aromatic heterocycles. The topological polar surface area (TPSA) is 75.6 Å². The van der Waals surface area contributed by atoms with Crippen molar-refractivity contribution in [2.75, 3.05) is 6.61 Å². The maximum Gasteiger partial charge on any atom is 0.341 e. The molecule has 0 fully saturated rings. The normalized spacial score (nSPS) is 10.2. The Labute approximate surface area is 132 Å². The maximum atomic E-state index is 11.8. The Bertz CT molecular complexity index is 625. The zero-order chi connectivity index (χ0) is 15.8. The average Bonchev–Trinajstić information content (AvgIpc) is 3.03. The lowest BCUT2D eigenvalue weighted by Gasteiger charge is -2.08. The number of carbonyl (C=O) groups is 2. The predicted molar refractivity (Wildman–Crippen MR) is 84.1 cm³/mol. The fourth-order valence-corrected chi connectivity index (χ4v) is 2.58. The predicted octanol–water partition coefficient (Wildman–Crippen LogP) is 2.46. The Balaban J connectivity index is 1.76. The summed E-state index contributed by atoms with van der Waals surface area (Å²) in [5, 5.41) is 15.5. The highest BCUT2D eigenvalue weighted by Gasteiger charge is 2.04. The summed E-state index contributed by atoms with van der Waals surface area (Å²) in [5.74, 6) is -0.553. The van der Waals surface area contributed by atoms with Gasteiger partial charge in [-0.25, -0.2) is 4.79 Å². The molecule has 0 atom stereocenters. The van der Waals surface area contributed by atoms with E-state index in [-0.39, 0.29) is 12.5 Å². The second-order valence-electron chi connectivity index (χ2n) is 4.74. The Morgan fingerprint density at radius 3 is 2.82 bits per heavy atom. The van der Waals surface area contributed by atoms with Gasteiger partial charge < -0.3 is 15.2 Å². The third-order valence-corrected chi connectivity index (χ3v) is 3.70. The summed E-state index contributed by atoms with van der Waals surface area (Å²) < 4.78 is 5.10. The largest absolute Gasteiger partial charge is 0.482 e. The van der Waals surface area contributed by atoms with Crippen molar-refractivity contribution in [3.63, 3.8) is 0 Å². The van der Waals surface area contributed by atoms with Gasteiger partial charge in [0.05, 0.1) is 0 Å². The molecule has 1 heterocycles. The molecule has 6 heteroatoms. The number of ether oxygens (including phenoxy) is 1. The minimum Gasteiger partial charge on any atom is -0.482 e. The Kier molecular flexibility index (Phi) is 5.97. The van der Waals surface area contributed by atoms with E-state index in [1.807, 2.05) is 22.9 Å². The van der Waals surface area contributed by atoms with Gasteiger partial charge >= 0.3 is 5.97 Å². The first-order chi connectivity index (χ1) is 10.6. The molecule has 22 heavy (non-hydrogen) atoms. The van der Waals surface area contributed by atoms with Crippen LogP contribution >= 0.6 is 11.3 Å². The molecule has 2 rings (SSSR count). The van der Waals surface area contributed by atoms with Gasteiger partial charge in [0.25, 0.3) is 0 Å². The van der Waals surface area contributed by atoms with Crippen LogP contribution in [-0.4, -0.2) is 23.6 Å². The molecule has 2 aromatic rings. The van der Waals surface area contributed by atoms with Gasteiger partial charge in [-0.1, -0.05) is 12.1 Å². The highest BCUT2D eigenvalue weighted by molar-refractivity contribution is 7.07. The van der Waals surface area contributed by atoms with E-state index in [4.69, 9.17) is 9.84 Å². The van der Waals surface area contributed by atoms with E-state index < -0.39 is 5.97 Å². The van der Waals surface area contributed by atoms with E-state index in [1.54, 1.807) is 29.5 Å². The smallest absolute Gasteiger partial charge is 0.341 e. The molecule has 0 saturated carbocycles. The van der Waals surface area contributed by atoms with Crippen molar-refractivity contribution in [3.8, 4) is 5.75 Å². The van der Waals surface area contributed by atoms with Crippen LogP contribution in [0.1, 0.15) is 17.5 Å². The fraction of sp³-hybridized carbons (Fsp3) is 0.250. The van der Waals surface area contributed by atoms with Gasteiger partial charge in [-0.05, 0) is 46.5 Å². The summed E-state index contributed by atoms with van der Waals surface area (Å²) in [6, 6.07) is 9.05. The number of hydrogen-bond acceptors (Lipinski definition) is 4. The molecule has 0 saturated heterocycles. The summed E-state index contributed by atoms with van der Waals surface area (Å²) in [7, 11) is 0. The van der Waals surface area contributed by atoms with Crippen LogP contribution < -0.4 is 10.1 Å². The number of carbonyl (C=O) groups excluding carboxylic acids is 1. The molecular formula is C16H17NO4S. The molecule has 0 aliphatic rings. The van der Waals surface area contributed by atoms with Gasteiger partial charge in [-0.15, -0.1) is 0 Å². The van der Waals surface area contributed by atoms with Gasteiger partial charge in [-0.2, -0.15) is 11.3 Å². The van der Waals surface area contributed by atoms with Crippen LogP contribution in [0.4, 0.5) is 0 Å². The summed E-state index contributed by atoms with van der Waals surface area (Å²) in [5.41, 5.74) is 2.04. The standard InChI is InChI=1S/C16H17NO4S/c18-15(5-4-12-6-7-22-11-12)17-9-13-2-1-3-14(8-13)21-10-16(19)20/h1-3,6-8,11H,4-5,9-10H2,(H,17,18)(H,19,20). The lowest BCUT2D eigenvalue weighted by atomic mass is 10.2. The molecule has 0 aliphatic carbocycles. The van der Waals surface area contributed by atoms with Crippen LogP contribution in [-0.2, 0) is 22.6 Å². The van der Waals surface area contributed by atoms with Gasteiger partial charge in [0.1, 0.15) is 5.75 Å². The van der Waals surface area contributed by atoms with Crippen molar-refractivity contribution in [1.82, 2.24) is 5.32 Å². The molecule has 0 bridgehead atoms. The molecule has 0 aliphatic heterocycles. The second-order valence-corrected chi connectivity index (χ2v) is 5.52. The van der Waals surface area contributed by atoms with E-state index in [1.165, 1.54) is 5.56 Å². The minimum atomic E-state index is -1.02. The van der Waals surface area contributed by atoms with Crippen LogP contribution in [0.15, 0.2) is 41.1 Å². The first kappa shape index (κ1) is 16.0. The first-order valence-corrected chi connectivity index (χ1v) is 7.79. The first-order valence-electron chi connectivity index (χ1n) is 6.85. The Morgan fingerprint density at radius 1 is 1.23 bits per heavy atom. The average molecular weight is 319 g/mol. The van der Waals surface area contributed by atoms with Crippen LogP contribution in [0.3, 0.4) is 0 Å². The zero-order valence-electron chi connectivity index (χ0n) is 12.0. The Morgan fingerprint density at radius 2 is 2.09 bits per heavy atom. The molecule has 116 valence electrons. The third kappa shape index (κ3) is 5.57. The number of carboxylic acids is 1. The van der Waals surface area contributed by atoms with Crippen LogP contribution in [0, 0.1) is 0 Å². The molecule has 1 amide bonds. The SMILES string of the molecule is O=C(O)COc1cccc(CNC(=O)CCc2ccsc2)c1. The quantitative estimate of drug-likeness (QED) is 0.784. The second kappa shape index (κ2) is 8.19. The molecule has 2 N–H and O–H groups in total. The number of aliphatic carboxylic acids is 1. The van der Waals surface area contributed by atoms with Crippen molar-refractivity contribution < 1.29 is 19.4 Å². The Hall–Kier alpha value is -2.34. The van der Waals surface area contributed by atoms with Crippen molar-refractivity contribution in [3.05, 3.63) is 52.2 Å². The van der Waals surface area contributed by atoms with Crippen molar-refractivity contribution in [2.24, 2.45) is 0 Å². The van der Waals surface area contributed by atoms with E-state index in [0.29, 0.717) is 18.7 Å². The molecule has 5 nitrogen and oxygen atoms in total. The van der Waals surface area contributed by atoms with Crippen molar-refractivity contribution >= 4 is 23.2 Å². The number of aryl methyl sites for hydroxylation is 1. The van der Waals surface area contributed by atoms with Gasteiger partial charge in [-0.3, -0.25) is 4.79 Å². The van der Waals surface area contributed by atoms with E-state index >= 15 is 0 Å². The lowest BCUT2D eigenvalue weighted by molar-refractivity contribution is -0.139. The van der Waals surface area contributed by atoms with Crippen LogP contribution in [0.5, 0.6) is 5.75 Å². The molecule has 0 spiro atoms. The highest BCUT2D eigenvalue weighted by atomic mass is 32.1. The summed E-state index contributed by atoms with van der Waals surface area (Å²) in [6.45, 7) is 0.0171. The number of thiophene rings is 1. The fourth-order valence-electron chi connectivity index (χ4n) is 1.87. The van der Waals surface area contributed by atoms with Crippen molar-refractivity contribution in [2.45, 2.75) is 19.4 Å². The number of rotatable bonds is 8. The summed E-state index contributed by atoms with van der Waals surface area (Å²) >= 11 is 1.62. The third-order valence-electron chi connectivity index (χ3n) is 2.97. The summed E-state index contributed by atoms with van der Waals surface area (Å²) in [6.07, 6.45) is 1.18. The number of amides is 1. The number of hydrogen-bond donors (Lipinski definition) is 2. The van der Waals surface area contributed by atoms with Gasteiger partial charge in [0.2, 0.25) is 5.91 Å². The molecule has 0 radical (unpaired) electrons. The monoisotopic (exact) mass is 319 g/mol. The highest BCUT2D eigenvalue weighted by Crippen LogP contribution is 2.13. The molecule has 0 unspecified atom stereocenters. The van der Waals surface area contributed by atoms with E-state index in [9.17, 15) is 9.59 Å². The minimum absolute atomic E-state index is 0.0111. The van der Waals surface area contributed by atoms with Gasteiger partial charge in [0, 0.05) is 13.0 Å². The lowest BCUT2D eigenvalue weighted by Crippen LogP contribution is -2.23. The molecule has 1 aromatic carbocycles. The van der Waals surface area contributed by atoms with Gasteiger partial charge in [0.15, 0.2) is 6.61 Å². The molecular weight excluding hydrogens is 302 g/mol. The van der Waals surface area contributed by atoms with Crippen molar-refractivity contribution in [1.29, 1.82) is 0 Å². The summed E-state index contributed by atoms with van der Waals surface area (Å²) in [4.78, 5) is 22.3. The van der Waals surface area contributed by atoms with E-state index in [2.05, 4.69) is 5.32 Å². The zero-order valence-corrected chi connectivity index (χ0v) is 12.8.